The second kappa shape index (κ2) is 6.22. The van der Waals surface area contributed by atoms with Crippen LogP contribution in [-0.2, 0) is 17.8 Å². The van der Waals surface area contributed by atoms with Crippen LogP contribution in [0, 0.1) is 0 Å². The molecule has 108 valence electrons. The maximum absolute atomic E-state index is 12.3. The Bertz CT molecular complexity index is 708. The van der Waals surface area contributed by atoms with E-state index in [0.29, 0.717) is 16.6 Å². The molecule has 0 fully saturated rings. The third kappa shape index (κ3) is 3.31. The molecular weight excluding hydrogens is 325 g/mol. The normalized spacial score (nSPS) is 14.5. The van der Waals surface area contributed by atoms with Gasteiger partial charge < -0.3 is 4.90 Å². The zero-order chi connectivity index (χ0) is 14.8. The van der Waals surface area contributed by atoms with Gasteiger partial charge in [0.1, 0.15) is 0 Å². The van der Waals surface area contributed by atoms with Crippen LogP contribution in [0.25, 0.3) is 6.08 Å². The Morgan fingerprint density at radius 3 is 2.95 bits per heavy atom. The number of halogens is 2. The third-order valence-corrected chi connectivity index (χ3v) is 5.07. The SMILES string of the molecule is O=C(C=Cc1ccc(Cl)cc1Cl)N1CCc2sccc2C1. The van der Waals surface area contributed by atoms with Gasteiger partial charge in [-0.3, -0.25) is 4.79 Å². The Kier molecular flexibility index (Phi) is 4.34. The summed E-state index contributed by atoms with van der Waals surface area (Å²) in [4.78, 5) is 15.5. The summed E-state index contributed by atoms with van der Waals surface area (Å²) in [6.07, 6.45) is 4.25. The van der Waals surface area contributed by atoms with Gasteiger partial charge >= 0.3 is 0 Å². The van der Waals surface area contributed by atoms with E-state index >= 15 is 0 Å². The van der Waals surface area contributed by atoms with E-state index in [1.165, 1.54) is 10.4 Å². The maximum atomic E-state index is 12.3. The Morgan fingerprint density at radius 1 is 1.29 bits per heavy atom. The van der Waals surface area contributed by atoms with Gasteiger partial charge in [0.25, 0.3) is 0 Å². The zero-order valence-electron chi connectivity index (χ0n) is 11.2. The fourth-order valence-corrected chi connectivity index (χ4v) is 3.70. The van der Waals surface area contributed by atoms with E-state index in [1.807, 2.05) is 11.0 Å². The number of benzene rings is 1. The van der Waals surface area contributed by atoms with Gasteiger partial charge in [-0.15, -0.1) is 11.3 Å². The molecule has 0 unspecified atom stereocenters. The van der Waals surface area contributed by atoms with Gasteiger partial charge in [-0.05, 0) is 47.2 Å². The summed E-state index contributed by atoms with van der Waals surface area (Å²) >= 11 is 13.7. The first-order valence-corrected chi connectivity index (χ1v) is 8.24. The fourth-order valence-electron chi connectivity index (χ4n) is 2.34. The van der Waals surface area contributed by atoms with Crippen LogP contribution in [0.5, 0.6) is 0 Å². The molecule has 0 spiro atoms. The molecule has 0 bridgehead atoms. The van der Waals surface area contributed by atoms with Crippen molar-refractivity contribution in [2.45, 2.75) is 13.0 Å². The monoisotopic (exact) mass is 337 g/mol. The molecular formula is C16H13Cl2NOS. The molecule has 0 saturated heterocycles. The van der Waals surface area contributed by atoms with E-state index in [4.69, 9.17) is 23.2 Å². The van der Waals surface area contributed by atoms with Gasteiger partial charge in [0.05, 0.1) is 0 Å². The fraction of sp³-hybridized carbons (Fsp3) is 0.188. The van der Waals surface area contributed by atoms with Gasteiger partial charge in [0.2, 0.25) is 5.91 Å². The largest absolute Gasteiger partial charge is 0.334 e. The summed E-state index contributed by atoms with van der Waals surface area (Å²) in [5, 5.41) is 3.22. The molecule has 0 aliphatic carbocycles. The number of nitrogens with zero attached hydrogens (tertiary/aromatic N) is 1. The summed E-state index contributed by atoms with van der Waals surface area (Å²) < 4.78 is 0. The molecule has 2 heterocycles. The van der Waals surface area contributed by atoms with Crippen molar-refractivity contribution in [2.24, 2.45) is 0 Å². The summed E-state index contributed by atoms with van der Waals surface area (Å²) in [6.45, 7) is 1.46. The lowest BCUT2D eigenvalue weighted by molar-refractivity contribution is -0.126. The van der Waals surface area contributed by atoms with Crippen LogP contribution in [0.4, 0.5) is 0 Å². The average molecular weight is 338 g/mol. The van der Waals surface area contributed by atoms with E-state index in [0.717, 1.165) is 18.5 Å². The lowest BCUT2D eigenvalue weighted by Gasteiger charge is -2.25. The van der Waals surface area contributed by atoms with Crippen molar-refractivity contribution >= 4 is 46.5 Å². The number of carbonyl (C=O) groups excluding carboxylic acids is 1. The van der Waals surface area contributed by atoms with Crippen LogP contribution in [0.2, 0.25) is 10.0 Å². The highest BCUT2D eigenvalue weighted by atomic mass is 35.5. The highest BCUT2D eigenvalue weighted by Crippen LogP contribution is 2.25. The average Bonchev–Trinajstić information content (AvgIpc) is 2.93. The van der Waals surface area contributed by atoms with Crippen molar-refractivity contribution in [1.29, 1.82) is 0 Å². The quantitative estimate of drug-likeness (QED) is 0.730. The number of fused-ring (bicyclic) bond motifs is 1. The number of hydrogen-bond donors (Lipinski definition) is 0. The minimum atomic E-state index is 0.0119. The first-order chi connectivity index (χ1) is 10.1. The maximum Gasteiger partial charge on any atom is 0.246 e. The second-order valence-corrected chi connectivity index (χ2v) is 6.72. The van der Waals surface area contributed by atoms with E-state index in [9.17, 15) is 4.79 Å². The number of hydrogen-bond acceptors (Lipinski definition) is 2. The highest BCUT2D eigenvalue weighted by Gasteiger charge is 2.19. The Balaban J connectivity index is 1.70. The van der Waals surface area contributed by atoms with E-state index in [-0.39, 0.29) is 5.91 Å². The van der Waals surface area contributed by atoms with Crippen LogP contribution in [0.15, 0.2) is 35.7 Å². The van der Waals surface area contributed by atoms with Gasteiger partial charge in [-0.2, -0.15) is 0 Å². The summed E-state index contributed by atoms with van der Waals surface area (Å²) in [7, 11) is 0. The van der Waals surface area contributed by atoms with Crippen LogP contribution in [0.1, 0.15) is 16.0 Å². The van der Waals surface area contributed by atoms with Crippen molar-refractivity contribution in [2.75, 3.05) is 6.54 Å². The molecule has 0 radical (unpaired) electrons. The van der Waals surface area contributed by atoms with Crippen molar-refractivity contribution in [3.8, 4) is 0 Å². The van der Waals surface area contributed by atoms with Crippen LogP contribution in [-0.4, -0.2) is 17.4 Å². The Labute approximate surface area is 137 Å². The van der Waals surface area contributed by atoms with E-state index < -0.39 is 0 Å². The molecule has 1 aromatic heterocycles. The van der Waals surface area contributed by atoms with Gasteiger partial charge in [0.15, 0.2) is 0 Å². The zero-order valence-corrected chi connectivity index (χ0v) is 13.5. The standard InChI is InChI=1S/C16H13Cl2NOS/c17-13-3-1-11(14(18)9-13)2-4-16(20)19-7-5-15-12(10-19)6-8-21-15/h1-4,6,8-9H,5,7,10H2. The predicted molar refractivity (Wildman–Crippen MR) is 88.9 cm³/mol. The van der Waals surface area contributed by atoms with Crippen molar-refractivity contribution in [1.82, 2.24) is 4.90 Å². The first kappa shape index (κ1) is 14.6. The molecule has 1 aromatic carbocycles. The van der Waals surface area contributed by atoms with Gasteiger partial charge in [-0.25, -0.2) is 0 Å². The molecule has 1 amide bonds. The Morgan fingerprint density at radius 2 is 2.14 bits per heavy atom. The highest BCUT2D eigenvalue weighted by molar-refractivity contribution is 7.10. The molecule has 3 rings (SSSR count). The molecule has 0 atom stereocenters. The third-order valence-electron chi connectivity index (χ3n) is 3.49. The van der Waals surface area contributed by atoms with Crippen molar-refractivity contribution < 1.29 is 4.79 Å². The minimum absolute atomic E-state index is 0.0119. The molecule has 0 saturated carbocycles. The van der Waals surface area contributed by atoms with Crippen molar-refractivity contribution in [3.05, 3.63) is 61.8 Å². The second-order valence-electron chi connectivity index (χ2n) is 4.88. The van der Waals surface area contributed by atoms with Crippen LogP contribution < -0.4 is 0 Å². The number of amides is 1. The van der Waals surface area contributed by atoms with E-state index in [1.54, 1.807) is 35.6 Å². The summed E-state index contributed by atoms with van der Waals surface area (Å²) in [5.41, 5.74) is 2.06. The van der Waals surface area contributed by atoms with Gasteiger partial charge in [0, 0.05) is 34.1 Å². The molecule has 0 N–H and O–H groups in total. The molecule has 2 nitrogen and oxygen atoms in total. The molecule has 5 heteroatoms. The Hall–Kier alpha value is -1.29. The molecule has 21 heavy (non-hydrogen) atoms. The molecule has 1 aliphatic rings. The smallest absolute Gasteiger partial charge is 0.246 e. The molecule has 2 aromatic rings. The number of carbonyl (C=O) groups is 1. The molecule has 1 aliphatic heterocycles. The number of thiophene rings is 1. The van der Waals surface area contributed by atoms with Gasteiger partial charge in [-0.1, -0.05) is 29.3 Å². The number of rotatable bonds is 2. The predicted octanol–water partition coefficient (Wildman–Crippen LogP) is 4.65. The topological polar surface area (TPSA) is 20.3 Å². The van der Waals surface area contributed by atoms with E-state index in [2.05, 4.69) is 11.4 Å². The van der Waals surface area contributed by atoms with Crippen LogP contribution >= 0.6 is 34.5 Å². The lowest BCUT2D eigenvalue weighted by atomic mass is 10.1. The minimum Gasteiger partial charge on any atom is -0.334 e. The first-order valence-electron chi connectivity index (χ1n) is 6.61. The lowest BCUT2D eigenvalue weighted by Crippen LogP contribution is -2.34. The summed E-state index contributed by atoms with van der Waals surface area (Å²) in [5.74, 6) is 0.0119. The van der Waals surface area contributed by atoms with Crippen LogP contribution in [0.3, 0.4) is 0 Å². The summed E-state index contributed by atoms with van der Waals surface area (Å²) in [6, 6.07) is 7.34. The van der Waals surface area contributed by atoms with Crippen molar-refractivity contribution in [3.63, 3.8) is 0 Å².